The largest absolute Gasteiger partial charge is 0.322 e. The molecule has 0 aromatic heterocycles. The third kappa shape index (κ3) is 14.7. The lowest BCUT2D eigenvalue weighted by Gasteiger charge is -2.45. The first-order valence-corrected chi connectivity index (χ1v) is 10.3. The molecular weight excluding hydrogens is 312 g/mol. The Morgan fingerprint density at radius 2 is 0.800 bits per heavy atom. The maximum Gasteiger partial charge on any atom is 0.284 e. The normalized spacial score (nSPS) is 14.2. The van der Waals surface area contributed by atoms with E-state index in [2.05, 4.69) is 69.2 Å². The lowest BCUT2D eigenvalue weighted by atomic mass is 10.1. The zero-order valence-electron chi connectivity index (χ0n) is 18.9. The van der Waals surface area contributed by atoms with Gasteiger partial charge in [-0.3, -0.25) is 0 Å². The van der Waals surface area contributed by atoms with Crippen LogP contribution in [0.1, 0.15) is 121 Å². The summed E-state index contributed by atoms with van der Waals surface area (Å²) in [6.07, 6.45) is 9.58. The molecule has 3 heteroatoms. The van der Waals surface area contributed by atoms with Crippen molar-refractivity contribution in [2.75, 3.05) is 0 Å². The van der Waals surface area contributed by atoms with E-state index in [9.17, 15) is 0 Å². The number of unbranched alkanes of at least 4 members (excludes halogenated alkanes) is 6. The maximum atomic E-state index is 6.38. The predicted octanol–water partition coefficient (Wildman–Crippen LogP) is 7.23. The van der Waals surface area contributed by atoms with Crippen LogP contribution in [0.2, 0.25) is 0 Å². The van der Waals surface area contributed by atoms with Crippen molar-refractivity contribution in [3.63, 3.8) is 0 Å². The summed E-state index contributed by atoms with van der Waals surface area (Å²) in [5, 5.41) is 0. The molecule has 0 saturated heterocycles. The molecule has 152 valence electrons. The van der Waals surface area contributed by atoms with Crippen LogP contribution in [0.15, 0.2) is 0 Å². The van der Waals surface area contributed by atoms with Gasteiger partial charge in [0.05, 0.1) is 16.8 Å². The second-order valence-electron chi connectivity index (χ2n) is 10.2. The summed E-state index contributed by atoms with van der Waals surface area (Å²) in [5.74, 6) is -1.00. The van der Waals surface area contributed by atoms with Crippen LogP contribution < -0.4 is 0 Å². The van der Waals surface area contributed by atoms with Crippen LogP contribution >= 0.6 is 0 Å². The van der Waals surface area contributed by atoms with Gasteiger partial charge in [-0.1, -0.05) is 45.4 Å². The Morgan fingerprint density at radius 3 is 1.12 bits per heavy atom. The molecule has 0 aliphatic heterocycles. The minimum absolute atomic E-state index is 0.336. The van der Waals surface area contributed by atoms with E-state index in [0.29, 0.717) is 0 Å². The lowest BCUT2D eigenvalue weighted by Crippen LogP contribution is -2.52. The van der Waals surface area contributed by atoms with Crippen molar-refractivity contribution in [1.82, 2.24) is 0 Å². The van der Waals surface area contributed by atoms with Gasteiger partial charge >= 0.3 is 0 Å². The van der Waals surface area contributed by atoms with Gasteiger partial charge in [0.25, 0.3) is 5.97 Å². The molecule has 3 nitrogen and oxygen atoms in total. The predicted molar refractivity (Wildman–Crippen MR) is 108 cm³/mol. The van der Waals surface area contributed by atoms with Crippen LogP contribution in [-0.2, 0) is 14.2 Å². The molecule has 0 aromatic rings. The summed E-state index contributed by atoms with van der Waals surface area (Å²) in [7, 11) is 0. The standard InChI is InChI=1S/C22H46O3/c1-11-12-13-14-15-16-17-18-22(23-19(2,3)4,24-20(5,6)7)25-21(8,9)10/h11-18H2,1-10H3. The van der Waals surface area contributed by atoms with Gasteiger partial charge in [-0.25, -0.2) is 0 Å². The molecule has 0 radical (unpaired) electrons. The first-order valence-electron chi connectivity index (χ1n) is 10.3. The molecule has 0 heterocycles. The van der Waals surface area contributed by atoms with Gasteiger partial charge in [0.15, 0.2) is 0 Å². The summed E-state index contributed by atoms with van der Waals surface area (Å²) >= 11 is 0. The lowest BCUT2D eigenvalue weighted by molar-refractivity contribution is -0.449. The molecule has 0 atom stereocenters. The molecule has 0 aliphatic carbocycles. The Labute approximate surface area is 158 Å². The summed E-state index contributed by atoms with van der Waals surface area (Å²) in [6, 6.07) is 0. The third-order valence-corrected chi connectivity index (χ3v) is 3.47. The number of hydrogen-bond acceptors (Lipinski definition) is 3. The van der Waals surface area contributed by atoms with Crippen LogP contribution in [0.5, 0.6) is 0 Å². The second kappa shape index (κ2) is 10.3. The van der Waals surface area contributed by atoms with Crippen molar-refractivity contribution >= 4 is 0 Å². The van der Waals surface area contributed by atoms with Gasteiger partial charge in [0, 0.05) is 6.42 Å². The fraction of sp³-hybridized carbons (Fsp3) is 1.00. The molecule has 0 aromatic carbocycles. The van der Waals surface area contributed by atoms with Crippen LogP contribution in [-0.4, -0.2) is 22.8 Å². The monoisotopic (exact) mass is 358 g/mol. The SMILES string of the molecule is CCCCCCCCCC(OC(C)(C)C)(OC(C)(C)C)OC(C)(C)C. The molecule has 25 heavy (non-hydrogen) atoms. The van der Waals surface area contributed by atoms with Crippen LogP contribution in [0.4, 0.5) is 0 Å². The van der Waals surface area contributed by atoms with E-state index in [4.69, 9.17) is 14.2 Å². The van der Waals surface area contributed by atoms with Crippen molar-refractivity contribution < 1.29 is 14.2 Å². The smallest absolute Gasteiger partial charge is 0.284 e. The van der Waals surface area contributed by atoms with E-state index in [-0.39, 0.29) is 16.8 Å². The fourth-order valence-electron chi connectivity index (χ4n) is 2.91. The quantitative estimate of drug-likeness (QED) is 0.288. The Balaban J connectivity index is 4.99. The van der Waals surface area contributed by atoms with E-state index < -0.39 is 5.97 Å². The Hall–Kier alpha value is -0.120. The first-order chi connectivity index (χ1) is 11.2. The van der Waals surface area contributed by atoms with Crippen molar-refractivity contribution in [2.45, 2.75) is 143 Å². The van der Waals surface area contributed by atoms with Crippen molar-refractivity contribution in [3.8, 4) is 0 Å². The van der Waals surface area contributed by atoms with Gasteiger partial charge in [0.1, 0.15) is 0 Å². The minimum Gasteiger partial charge on any atom is -0.322 e. The average molecular weight is 359 g/mol. The van der Waals surface area contributed by atoms with Gasteiger partial charge in [-0.05, 0) is 68.7 Å². The van der Waals surface area contributed by atoms with Gasteiger partial charge in [0.2, 0.25) is 0 Å². The van der Waals surface area contributed by atoms with E-state index >= 15 is 0 Å². The van der Waals surface area contributed by atoms with Crippen LogP contribution in [0.3, 0.4) is 0 Å². The molecule has 0 fully saturated rings. The summed E-state index contributed by atoms with van der Waals surface area (Å²) < 4.78 is 19.1. The Kier molecular flexibility index (Phi) is 10.2. The summed E-state index contributed by atoms with van der Waals surface area (Å²) in [6.45, 7) is 20.8. The van der Waals surface area contributed by atoms with E-state index in [1.54, 1.807) is 0 Å². The molecule has 0 N–H and O–H groups in total. The summed E-state index contributed by atoms with van der Waals surface area (Å²) in [5.41, 5.74) is -1.01. The van der Waals surface area contributed by atoms with Crippen LogP contribution in [0.25, 0.3) is 0 Å². The first kappa shape index (κ1) is 24.9. The Morgan fingerprint density at radius 1 is 0.480 bits per heavy atom. The molecule has 0 saturated carbocycles. The molecule has 0 aliphatic rings. The molecule has 0 bridgehead atoms. The molecule has 0 amide bonds. The highest BCUT2D eigenvalue weighted by molar-refractivity contribution is 4.75. The van der Waals surface area contributed by atoms with E-state index in [1.807, 2.05) is 0 Å². The fourth-order valence-corrected chi connectivity index (χ4v) is 2.91. The highest BCUT2D eigenvalue weighted by atomic mass is 16.9. The highest BCUT2D eigenvalue weighted by Crippen LogP contribution is 2.36. The van der Waals surface area contributed by atoms with Crippen molar-refractivity contribution in [1.29, 1.82) is 0 Å². The van der Waals surface area contributed by atoms with Gasteiger partial charge < -0.3 is 14.2 Å². The molecule has 0 spiro atoms. The van der Waals surface area contributed by atoms with Crippen molar-refractivity contribution in [2.24, 2.45) is 0 Å². The zero-order chi connectivity index (χ0) is 19.8. The summed E-state index contributed by atoms with van der Waals surface area (Å²) in [4.78, 5) is 0. The number of ether oxygens (including phenoxy) is 3. The molecule has 0 rings (SSSR count). The zero-order valence-corrected chi connectivity index (χ0v) is 18.9. The minimum atomic E-state index is -1.00. The Bertz CT molecular complexity index is 301. The average Bonchev–Trinajstić information content (AvgIpc) is 2.31. The third-order valence-electron chi connectivity index (χ3n) is 3.47. The van der Waals surface area contributed by atoms with E-state index in [0.717, 1.165) is 12.8 Å². The van der Waals surface area contributed by atoms with Gasteiger partial charge in [-0.2, -0.15) is 0 Å². The molecular formula is C22H46O3. The van der Waals surface area contributed by atoms with Crippen LogP contribution in [0, 0.1) is 0 Å². The topological polar surface area (TPSA) is 27.7 Å². The molecule has 0 unspecified atom stereocenters. The second-order valence-corrected chi connectivity index (χ2v) is 10.2. The van der Waals surface area contributed by atoms with Crippen molar-refractivity contribution in [3.05, 3.63) is 0 Å². The highest BCUT2D eigenvalue weighted by Gasteiger charge is 2.43. The number of rotatable bonds is 11. The van der Waals surface area contributed by atoms with E-state index in [1.165, 1.54) is 38.5 Å². The van der Waals surface area contributed by atoms with Gasteiger partial charge in [-0.15, -0.1) is 0 Å². The number of hydrogen-bond donors (Lipinski definition) is 0. The maximum absolute atomic E-state index is 6.38.